The number of para-hydroxylation sites is 1. The van der Waals surface area contributed by atoms with Crippen molar-refractivity contribution in [2.24, 2.45) is 5.41 Å². The van der Waals surface area contributed by atoms with E-state index in [-0.39, 0.29) is 73.7 Å². The number of methoxy groups -OCH3 is 1. The number of carbonyl (C=O) groups is 4. The molecule has 478 valence electrons. The normalized spacial score (nSPS) is 17.3. The van der Waals surface area contributed by atoms with E-state index >= 15 is 0 Å². The topological polar surface area (TPSA) is 281 Å². The van der Waals surface area contributed by atoms with Gasteiger partial charge in [-0.3, -0.25) is 24.1 Å². The summed E-state index contributed by atoms with van der Waals surface area (Å²) in [5.74, 6) is -0.0210. The van der Waals surface area contributed by atoms with Gasteiger partial charge >= 0.3 is 0 Å². The van der Waals surface area contributed by atoms with E-state index in [1.54, 1.807) is 56.6 Å². The smallest absolute Gasteiger partial charge is 0.246 e. The summed E-state index contributed by atoms with van der Waals surface area (Å²) in [6, 6.07) is 19.1. The summed E-state index contributed by atoms with van der Waals surface area (Å²) >= 11 is 1.57. The third-order valence-corrected chi connectivity index (χ3v) is 19.0. The van der Waals surface area contributed by atoms with E-state index in [0.717, 1.165) is 66.4 Å². The number of piperazine rings is 1. The fourth-order valence-corrected chi connectivity index (χ4v) is 12.8. The number of aryl methyl sites for hydroxylation is 1. The molecule has 5 aromatic rings. The number of piperidine rings is 1. The molecule has 1 unspecified atom stereocenters. The summed E-state index contributed by atoms with van der Waals surface area (Å²) in [6.07, 6.45) is 2.89. The molecule has 3 aromatic carbocycles. The van der Waals surface area contributed by atoms with Crippen molar-refractivity contribution in [1.29, 1.82) is 0 Å². The Balaban J connectivity index is 0.635. The minimum absolute atomic E-state index is 0.0134. The van der Waals surface area contributed by atoms with Crippen LogP contribution in [0.4, 0.5) is 29.0 Å². The van der Waals surface area contributed by atoms with Crippen LogP contribution in [0.15, 0.2) is 83.5 Å². The Hall–Kier alpha value is -6.91. The van der Waals surface area contributed by atoms with Gasteiger partial charge in [0.05, 0.1) is 110 Å². The molecule has 88 heavy (non-hydrogen) atoms. The molecular formula is C62H86N12O12S2. The lowest BCUT2D eigenvalue weighted by atomic mass is 9.85. The molecule has 3 atom stereocenters. The van der Waals surface area contributed by atoms with E-state index in [1.165, 1.54) is 11.2 Å². The summed E-state index contributed by atoms with van der Waals surface area (Å²) in [4.78, 5) is 80.3. The van der Waals surface area contributed by atoms with Gasteiger partial charge in [0.2, 0.25) is 35.5 Å². The molecule has 3 aliphatic heterocycles. The van der Waals surface area contributed by atoms with E-state index in [1.807, 2.05) is 80.6 Å². The number of nitrogens with one attached hydrogen (secondary N) is 4. The number of rotatable bonds is 30. The van der Waals surface area contributed by atoms with Crippen molar-refractivity contribution in [3.8, 4) is 16.2 Å². The van der Waals surface area contributed by atoms with Gasteiger partial charge < -0.3 is 64.8 Å². The maximum atomic E-state index is 14.0. The Morgan fingerprint density at radius 3 is 2.01 bits per heavy atom. The van der Waals surface area contributed by atoms with Crippen LogP contribution in [0.1, 0.15) is 78.0 Å². The van der Waals surface area contributed by atoms with Gasteiger partial charge in [-0.2, -0.15) is 4.98 Å². The molecule has 5 N–H and O–H groups in total. The average Bonchev–Trinajstić information content (AvgIpc) is 2.86. The number of sulfone groups is 1. The predicted octanol–water partition coefficient (Wildman–Crippen LogP) is 5.75. The number of β-amino-alcohol motifs (C(OH)–C–C–N with tert-alkyl or cyclic N) is 1. The molecule has 0 radical (unpaired) electrons. The number of ether oxygens (including phenoxy) is 5. The van der Waals surface area contributed by atoms with Crippen LogP contribution < -0.4 is 30.9 Å². The first-order chi connectivity index (χ1) is 42.3. The SMILES string of the molecule is COc1cc(N2CCC(N3CCN(C(=O)CCOCCOCCOCCOCCC(=O)NC(C(=O)N4C[C@H](O)C[C@H]4C(=O)NCc4ccc(-c5scnc5C)cc4)C(C)(C)C)CC3)CC2)ccc1Nc1ncnc(Nc2ccccc2S(=O)(=O)C(C)C)n1. The quantitative estimate of drug-likeness (QED) is 0.0342. The van der Waals surface area contributed by atoms with Crippen LogP contribution >= 0.6 is 11.3 Å². The highest BCUT2D eigenvalue weighted by Crippen LogP contribution is 2.35. The number of aliphatic hydroxyl groups is 1. The van der Waals surface area contributed by atoms with Crippen molar-refractivity contribution in [3.05, 3.63) is 89.8 Å². The third-order valence-electron chi connectivity index (χ3n) is 15.8. The summed E-state index contributed by atoms with van der Waals surface area (Å²) in [5, 5.41) is 22.0. The minimum Gasteiger partial charge on any atom is -0.494 e. The summed E-state index contributed by atoms with van der Waals surface area (Å²) < 4.78 is 54.4. The second kappa shape index (κ2) is 32.0. The average molecular weight is 1260 g/mol. The molecule has 0 spiro atoms. The van der Waals surface area contributed by atoms with E-state index < -0.39 is 44.6 Å². The number of carbonyl (C=O) groups excluding carboxylic acids is 4. The summed E-state index contributed by atoms with van der Waals surface area (Å²) in [7, 11) is -1.94. The highest BCUT2D eigenvalue weighted by molar-refractivity contribution is 7.92. The number of amides is 4. The number of anilines is 5. The van der Waals surface area contributed by atoms with Crippen LogP contribution in [0.3, 0.4) is 0 Å². The molecule has 3 saturated heterocycles. The van der Waals surface area contributed by atoms with E-state index in [4.69, 9.17) is 23.7 Å². The van der Waals surface area contributed by atoms with Gasteiger partial charge in [-0.05, 0) is 74.4 Å². The highest BCUT2D eigenvalue weighted by atomic mass is 32.2. The van der Waals surface area contributed by atoms with Crippen LogP contribution in [0, 0.1) is 12.3 Å². The Labute approximate surface area is 520 Å². The number of benzene rings is 3. The van der Waals surface area contributed by atoms with Crippen molar-refractivity contribution in [2.75, 3.05) is 121 Å². The number of hydrogen-bond acceptors (Lipinski definition) is 21. The standard InChI is InChI=1S/C62H86N12O12S2/c1-42(2)88(80,81)53-11-9-8-10-50(53)68-61-65-40-64-60(70-61)67-49-17-16-47(36-52(49)82-7)71-22-18-46(19-23-71)72-24-26-73(27-25-72)55(77)21-29-84-31-33-86-35-34-85-32-30-83-28-20-54(76)69-57(62(4,5)6)59(79)74-39-48(75)37-51(74)58(78)63-38-44-12-14-45(15-13-44)56-43(3)66-41-87-56/h8-17,36,40-42,46,48,51,57,75H,18-35,37-39H2,1-7H3,(H,63,78)(H,69,76)(H2,64,65,67,68,70)/t48-,51+,57?/m1/s1. The second-order valence-corrected chi connectivity index (χ2v) is 26.7. The lowest BCUT2D eigenvalue weighted by Gasteiger charge is -2.43. The number of aromatic nitrogens is 4. The molecule has 26 heteroatoms. The Kier molecular flexibility index (Phi) is 24.4. The van der Waals surface area contributed by atoms with Gasteiger partial charge in [0, 0.05) is 83.0 Å². The molecule has 2 aromatic heterocycles. The Morgan fingerprint density at radius 1 is 0.773 bits per heavy atom. The number of hydrogen-bond donors (Lipinski definition) is 5. The Bertz CT molecular complexity index is 3200. The van der Waals surface area contributed by atoms with Gasteiger partial charge in [-0.25, -0.2) is 23.4 Å². The number of nitrogens with zero attached hydrogens (tertiary/aromatic N) is 8. The van der Waals surface area contributed by atoms with Crippen molar-refractivity contribution >= 4 is 73.8 Å². The zero-order valence-electron chi connectivity index (χ0n) is 51.6. The van der Waals surface area contributed by atoms with Gasteiger partial charge in [0.15, 0.2) is 9.84 Å². The van der Waals surface area contributed by atoms with E-state index in [9.17, 15) is 32.7 Å². The molecule has 3 aliphatic rings. The molecule has 5 heterocycles. The molecule has 24 nitrogen and oxygen atoms in total. The summed E-state index contributed by atoms with van der Waals surface area (Å²) in [5.41, 5.74) is 6.10. The molecule has 3 fully saturated rings. The van der Waals surface area contributed by atoms with Crippen LogP contribution in [0.5, 0.6) is 5.75 Å². The lowest BCUT2D eigenvalue weighted by molar-refractivity contribution is -0.144. The summed E-state index contributed by atoms with van der Waals surface area (Å²) in [6.45, 7) is 18.2. The van der Waals surface area contributed by atoms with Crippen LogP contribution in [0.2, 0.25) is 0 Å². The maximum Gasteiger partial charge on any atom is 0.246 e. The zero-order chi connectivity index (χ0) is 62.8. The van der Waals surface area contributed by atoms with Crippen LogP contribution in [0.25, 0.3) is 10.4 Å². The van der Waals surface area contributed by atoms with Crippen molar-refractivity contribution in [2.45, 2.75) is 115 Å². The van der Waals surface area contributed by atoms with Gasteiger partial charge in [0.25, 0.3) is 0 Å². The first-order valence-electron chi connectivity index (χ1n) is 30.2. The first kappa shape index (κ1) is 67.0. The van der Waals surface area contributed by atoms with Crippen LogP contribution in [-0.4, -0.2) is 207 Å². The monoisotopic (exact) mass is 1250 g/mol. The first-order valence-corrected chi connectivity index (χ1v) is 32.6. The fourth-order valence-electron chi connectivity index (χ4n) is 10.8. The lowest BCUT2D eigenvalue weighted by Crippen LogP contribution is -2.57. The molecule has 0 saturated carbocycles. The zero-order valence-corrected chi connectivity index (χ0v) is 53.2. The molecule has 0 aliphatic carbocycles. The fraction of sp³-hybridized carbons (Fsp3) is 0.548. The molecular weight excluding hydrogens is 1170 g/mol. The third kappa shape index (κ3) is 18.6. The van der Waals surface area contributed by atoms with E-state index in [0.29, 0.717) is 82.3 Å². The highest BCUT2D eigenvalue weighted by Gasteiger charge is 2.44. The minimum atomic E-state index is -3.55. The Morgan fingerprint density at radius 2 is 1.40 bits per heavy atom. The number of aliphatic hydroxyl groups excluding tert-OH is 1. The van der Waals surface area contributed by atoms with Crippen molar-refractivity contribution in [3.63, 3.8) is 0 Å². The molecule has 4 amide bonds. The van der Waals surface area contributed by atoms with Gasteiger partial charge in [0.1, 0.15) is 24.2 Å². The van der Waals surface area contributed by atoms with E-state index in [2.05, 4.69) is 51.0 Å². The molecule has 8 rings (SSSR count). The maximum absolute atomic E-state index is 14.0. The predicted molar refractivity (Wildman–Crippen MR) is 336 cm³/mol. The second-order valence-electron chi connectivity index (χ2n) is 23.4. The van der Waals surface area contributed by atoms with Crippen molar-refractivity contribution in [1.82, 2.24) is 45.3 Å². The molecule has 0 bridgehead atoms. The van der Waals surface area contributed by atoms with Crippen molar-refractivity contribution < 1.29 is 56.4 Å². The van der Waals surface area contributed by atoms with Gasteiger partial charge in [-0.15, -0.1) is 11.3 Å². The number of thiazole rings is 1. The number of likely N-dealkylation sites (tertiary alicyclic amines) is 1. The largest absolute Gasteiger partial charge is 0.494 e. The van der Waals surface area contributed by atoms with Crippen LogP contribution in [-0.2, 0) is 54.5 Å². The van der Waals surface area contributed by atoms with Gasteiger partial charge in [-0.1, -0.05) is 57.2 Å².